The third-order valence-electron chi connectivity index (χ3n) is 2.41. The van der Waals surface area contributed by atoms with E-state index in [9.17, 15) is 13.5 Å². The Labute approximate surface area is 87.1 Å². The largest absolute Gasteiger partial charge is 0.391 e. The first-order valence-electron chi connectivity index (χ1n) is 4.19. The molecule has 0 amide bonds. The molecule has 4 nitrogen and oxygen atoms in total. The second kappa shape index (κ2) is 4.25. The smallest absolute Gasteiger partial charge is 0.224 e. The van der Waals surface area contributed by atoms with Crippen LogP contribution in [0.2, 0.25) is 0 Å². The zero-order chi connectivity index (χ0) is 10.1. The van der Waals surface area contributed by atoms with Crippen LogP contribution >= 0.6 is 15.9 Å². The monoisotopic (exact) mass is 271 g/mol. The number of β-amino-alcohol motifs (C(OH)–C–C–N with tert-alkyl or cyclic N) is 1. The molecule has 0 aromatic heterocycles. The van der Waals surface area contributed by atoms with Crippen LogP contribution in [0.15, 0.2) is 0 Å². The van der Waals surface area contributed by atoms with Gasteiger partial charge in [0.15, 0.2) is 0 Å². The van der Waals surface area contributed by atoms with E-state index in [0.29, 0.717) is 6.54 Å². The highest BCUT2D eigenvalue weighted by Gasteiger charge is 2.30. The van der Waals surface area contributed by atoms with Crippen molar-refractivity contribution in [2.75, 3.05) is 17.8 Å². The van der Waals surface area contributed by atoms with E-state index in [2.05, 4.69) is 15.9 Å². The second-order valence-electron chi connectivity index (χ2n) is 3.41. The van der Waals surface area contributed by atoms with Gasteiger partial charge in [0.25, 0.3) is 0 Å². The quantitative estimate of drug-likeness (QED) is 0.739. The van der Waals surface area contributed by atoms with Crippen molar-refractivity contribution in [1.29, 1.82) is 0 Å². The summed E-state index contributed by atoms with van der Waals surface area (Å²) in [4.78, 5) is 0. The highest BCUT2D eigenvalue weighted by molar-refractivity contribution is 9.10. The van der Waals surface area contributed by atoms with Crippen LogP contribution in [0.25, 0.3) is 0 Å². The van der Waals surface area contributed by atoms with E-state index in [-0.39, 0.29) is 17.1 Å². The number of hydrogen-bond acceptors (Lipinski definition) is 3. The van der Waals surface area contributed by atoms with Gasteiger partial charge in [-0.2, -0.15) is 4.31 Å². The molecule has 0 aromatic carbocycles. The summed E-state index contributed by atoms with van der Waals surface area (Å²) in [6.07, 6.45) is 0.204. The fourth-order valence-corrected chi connectivity index (χ4v) is 3.11. The summed E-state index contributed by atoms with van der Waals surface area (Å²) >= 11 is 2.93. The first kappa shape index (κ1) is 11.4. The number of sulfonamides is 1. The molecule has 1 fully saturated rings. The lowest BCUT2D eigenvalue weighted by Gasteiger charge is -2.32. The SMILES string of the molecule is CC1CCN(S(=O)(=O)CBr)CC1O. The molecule has 0 aromatic rings. The molecule has 1 aliphatic rings. The number of aliphatic hydroxyl groups is 1. The Hall–Kier alpha value is 0.350. The predicted octanol–water partition coefficient (Wildman–Crippen LogP) is 0.371. The van der Waals surface area contributed by atoms with Gasteiger partial charge in [-0.25, -0.2) is 8.42 Å². The first-order valence-corrected chi connectivity index (χ1v) is 6.92. The highest BCUT2D eigenvalue weighted by Crippen LogP contribution is 2.20. The highest BCUT2D eigenvalue weighted by atomic mass is 79.9. The minimum Gasteiger partial charge on any atom is -0.391 e. The average Bonchev–Trinajstić information content (AvgIpc) is 2.09. The molecule has 2 unspecified atom stereocenters. The molecule has 0 spiro atoms. The molecular weight excluding hydrogens is 258 g/mol. The van der Waals surface area contributed by atoms with Crippen molar-refractivity contribution in [3.8, 4) is 0 Å². The van der Waals surface area contributed by atoms with Crippen LogP contribution in [-0.4, -0.2) is 41.7 Å². The number of alkyl halides is 1. The van der Waals surface area contributed by atoms with Crippen molar-refractivity contribution in [1.82, 2.24) is 4.31 Å². The van der Waals surface area contributed by atoms with E-state index in [1.54, 1.807) is 0 Å². The van der Waals surface area contributed by atoms with Gasteiger partial charge in [0, 0.05) is 13.1 Å². The van der Waals surface area contributed by atoms with Gasteiger partial charge in [-0.05, 0) is 12.3 Å². The summed E-state index contributed by atoms with van der Waals surface area (Å²) < 4.78 is 24.0. The van der Waals surface area contributed by atoms with Gasteiger partial charge in [-0.15, -0.1) is 0 Å². The first-order chi connectivity index (χ1) is 5.97. The molecule has 0 bridgehead atoms. The minimum atomic E-state index is -3.19. The Morgan fingerprint density at radius 3 is 2.69 bits per heavy atom. The number of hydrogen-bond donors (Lipinski definition) is 1. The zero-order valence-electron chi connectivity index (χ0n) is 7.48. The Morgan fingerprint density at radius 1 is 1.62 bits per heavy atom. The third-order valence-corrected chi connectivity index (χ3v) is 5.54. The van der Waals surface area contributed by atoms with Crippen LogP contribution in [0.5, 0.6) is 0 Å². The Bertz CT molecular complexity index is 267. The number of piperidine rings is 1. The van der Waals surface area contributed by atoms with Gasteiger partial charge in [0.2, 0.25) is 10.0 Å². The van der Waals surface area contributed by atoms with Crippen molar-refractivity contribution in [2.24, 2.45) is 5.92 Å². The van der Waals surface area contributed by atoms with E-state index in [1.807, 2.05) is 6.92 Å². The van der Waals surface area contributed by atoms with Crippen LogP contribution in [0.4, 0.5) is 0 Å². The molecule has 1 N–H and O–H groups in total. The molecule has 1 saturated heterocycles. The van der Waals surface area contributed by atoms with Gasteiger partial charge >= 0.3 is 0 Å². The number of aliphatic hydroxyl groups excluding tert-OH is 1. The van der Waals surface area contributed by atoms with Crippen molar-refractivity contribution >= 4 is 26.0 Å². The lowest BCUT2D eigenvalue weighted by atomic mass is 9.98. The summed E-state index contributed by atoms with van der Waals surface area (Å²) in [6.45, 7) is 2.68. The van der Waals surface area contributed by atoms with Crippen molar-refractivity contribution in [2.45, 2.75) is 19.4 Å². The maximum atomic E-state index is 11.4. The number of nitrogens with zero attached hydrogens (tertiary/aromatic N) is 1. The lowest BCUT2D eigenvalue weighted by Crippen LogP contribution is -2.45. The molecule has 0 aliphatic carbocycles. The van der Waals surface area contributed by atoms with Crippen LogP contribution < -0.4 is 0 Å². The molecule has 0 saturated carbocycles. The number of rotatable bonds is 2. The summed E-state index contributed by atoms with van der Waals surface area (Å²) in [5, 5.41) is 9.49. The summed E-state index contributed by atoms with van der Waals surface area (Å²) in [6, 6.07) is 0. The van der Waals surface area contributed by atoms with Crippen LogP contribution in [-0.2, 0) is 10.0 Å². The van der Waals surface area contributed by atoms with Crippen molar-refractivity contribution < 1.29 is 13.5 Å². The van der Waals surface area contributed by atoms with Gasteiger partial charge < -0.3 is 5.11 Å². The van der Waals surface area contributed by atoms with Crippen molar-refractivity contribution in [3.63, 3.8) is 0 Å². The van der Waals surface area contributed by atoms with Gasteiger partial charge in [-0.1, -0.05) is 22.9 Å². The van der Waals surface area contributed by atoms with Crippen molar-refractivity contribution in [3.05, 3.63) is 0 Å². The fourth-order valence-electron chi connectivity index (χ4n) is 1.34. The lowest BCUT2D eigenvalue weighted by molar-refractivity contribution is 0.0607. The fraction of sp³-hybridized carbons (Fsp3) is 1.00. The maximum absolute atomic E-state index is 11.4. The summed E-state index contributed by atoms with van der Waals surface area (Å²) in [5.74, 6) is 0.196. The molecule has 1 rings (SSSR count). The van der Waals surface area contributed by atoms with Crippen LogP contribution in [0, 0.1) is 5.92 Å². The maximum Gasteiger partial charge on any atom is 0.224 e. The molecule has 78 valence electrons. The van der Waals surface area contributed by atoms with Crippen LogP contribution in [0.3, 0.4) is 0 Å². The van der Waals surface area contributed by atoms with E-state index >= 15 is 0 Å². The summed E-state index contributed by atoms with van der Waals surface area (Å²) in [5.41, 5.74) is 0. The Balaban J connectivity index is 2.66. The molecule has 13 heavy (non-hydrogen) atoms. The topological polar surface area (TPSA) is 57.6 Å². The Morgan fingerprint density at radius 2 is 2.23 bits per heavy atom. The second-order valence-corrected chi connectivity index (χ2v) is 6.68. The van der Waals surface area contributed by atoms with E-state index in [1.165, 1.54) is 4.31 Å². The third kappa shape index (κ3) is 2.65. The van der Waals surface area contributed by atoms with Gasteiger partial charge in [0.1, 0.15) is 4.66 Å². The molecule has 2 atom stereocenters. The van der Waals surface area contributed by atoms with E-state index < -0.39 is 16.1 Å². The van der Waals surface area contributed by atoms with Gasteiger partial charge in [-0.3, -0.25) is 0 Å². The average molecular weight is 272 g/mol. The number of halogens is 1. The summed E-state index contributed by atoms with van der Waals surface area (Å²) in [7, 11) is -3.19. The van der Waals surface area contributed by atoms with Crippen LogP contribution in [0.1, 0.15) is 13.3 Å². The molecule has 1 heterocycles. The van der Waals surface area contributed by atoms with E-state index in [4.69, 9.17) is 0 Å². The molecule has 1 aliphatic heterocycles. The standard InChI is InChI=1S/C7H14BrNO3S/c1-6-2-3-9(4-7(6)10)13(11,12)5-8/h6-7,10H,2-5H2,1H3. The van der Waals surface area contributed by atoms with Gasteiger partial charge in [0.05, 0.1) is 6.10 Å². The minimum absolute atomic E-state index is 0.0684. The molecule has 6 heteroatoms. The zero-order valence-corrected chi connectivity index (χ0v) is 9.88. The normalized spacial score (nSPS) is 31.9. The molecular formula is C7H14BrNO3S. The Kier molecular flexibility index (Phi) is 3.73. The molecule has 0 radical (unpaired) electrons. The predicted molar refractivity (Wildman–Crippen MR) is 54.1 cm³/mol. The van der Waals surface area contributed by atoms with E-state index in [0.717, 1.165) is 6.42 Å².